The highest BCUT2D eigenvalue weighted by Crippen LogP contribution is 2.19. The van der Waals surface area contributed by atoms with Crippen LogP contribution in [0, 0.1) is 5.41 Å². The number of carbonyl (C=O) groups excluding carboxylic acids is 1. The van der Waals surface area contributed by atoms with E-state index in [1.165, 1.54) is 0 Å². The number of hydrogen-bond acceptors (Lipinski definition) is 4. The van der Waals surface area contributed by atoms with Crippen LogP contribution >= 0.6 is 0 Å². The van der Waals surface area contributed by atoms with Crippen molar-refractivity contribution in [2.24, 2.45) is 11.1 Å². The van der Waals surface area contributed by atoms with Crippen LogP contribution in [0.25, 0.3) is 0 Å². The standard InChI is InChI=1S/C12H25N3O2/c1-12(2,3)10(13)11(17)15-6-4-14(5-7-15)8-9-16/h10,16H,4-9,13H2,1-3H3/t10-/m0/s1. The Bertz CT molecular complexity index is 255. The zero-order chi connectivity index (χ0) is 13.1. The quantitative estimate of drug-likeness (QED) is 0.701. The second kappa shape index (κ2) is 5.80. The minimum absolute atomic E-state index is 0.0427. The van der Waals surface area contributed by atoms with Gasteiger partial charge < -0.3 is 15.7 Å². The summed E-state index contributed by atoms with van der Waals surface area (Å²) in [6.07, 6.45) is 0. The third-order valence-corrected chi connectivity index (χ3v) is 3.30. The minimum atomic E-state index is -0.438. The minimum Gasteiger partial charge on any atom is -0.395 e. The van der Waals surface area contributed by atoms with Gasteiger partial charge in [0.25, 0.3) is 0 Å². The molecule has 0 aromatic heterocycles. The van der Waals surface area contributed by atoms with E-state index in [4.69, 9.17) is 10.8 Å². The Kier molecular flexibility index (Phi) is 4.91. The highest BCUT2D eigenvalue weighted by Gasteiger charge is 2.32. The summed E-state index contributed by atoms with van der Waals surface area (Å²) in [6.45, 7) is 9.88. The average Bonchev–Trinajstić information content (AvgIpc) is 2.27. The van der Waals surface area contributed by atoms with E-state index >= 15 is 0 Å². The highest BCUT2D eigenvalue weighted by atomic mass is 16.3. The summed E-state index contributed by atoms with van der Waals surface area (Å²) in [5, 5.41) is 8.85. The number of hydrogen-bond donors (Lipinski definition) is 2. The Morgan fingerprint density at radius 1 is 1.29 bits per heavy atom. The third kappa shape index (κ3) is 3.94. The maximum atomic E-state index is 12.1. The lowest BCUT2D eigenvalue weighted by atomic mass is 9.86. The molecule has 3 N–H and O–H groups in total. The van der Waals surface area contributed by atoms with E-state index in [0.29, 0.717) is 19.6 Å². The Morgan fingerprint density at radius 3 is 2.24 bits per heavy atom. The normalized spacial score (nSPS) is 20.4. The lowest BCUT2D eigenvalue weighted by Gasteiger charge is -2.38. The second-order valence-corrected chi connectivity index (χ2v) is 5.73. The molecule has 100 valence electrons. The van der Waals surface area contributed by atoms with Crippen LogP contribution in [-0.4, -0.2) is 66.2 Å². The molecule has 5 heteroatoms. The molecule has 0 unspecified atom stereocenters. The Morgan fingerprint density at radius 2 is 1.82 bits per heavy atom. The van der Waals surface area contributed by atoms with Gasteiger partial charge in [-0.05, 0) is 5.41 Å². The zero-order valence-corrected chi connectivity index (χ0v) is 11.1. The van der Waals surface area contributed by atoms with E-state index in [9.17, 15) is 4.79 Å². The Balaban J connectivity index is 2.46. The molecule has 0 aromatic rings. The smallest absolute Gasteiger partial charge is 0.240 e. The van der Waals surface area contributed by atoms with Crippen LogP contribution in [0.15, 0.2) is 0 Å². The number of aliphatic hydroxyl groups is 1. The van der Waals surface area contributed by atoms with Gasteiger partial charge in [0.1, 0.15) is 0 Å². The van der Waals surface area contributed by atoms with Gasteiger partial charge in [-0.3, -0.25) is 9.69 Å². The number of nitrogens with two attached hydrogens (primary N) is 1. The maximum Gasteiger partial charge on any atom is 0.240 e. The van der Waals surface area contributed by atoms with E-state index in [-0.39, 0.29) is 17.9 Å². The molecule has 0 aliphatic carbocycles. The highest BCUT2D eigenvalue weighted by molar-refractivity contribution is 5.82. The van der Waals surface area contributed by atoms with E-state index in [1.54, 1.807) is 0 Å². The van der Waals surface area contributed by atoms with Gasteiger partial charge in [-0.25, -0.2) is 0 Å². The van der Waals surface area contributed by atoms with Crippen LogP contribution in [0.3, 0.4) is 0 Å². The Labute approximate surface area is 104 Å². The van der Waals surface area contributed by atoms with Crippen molar-refractivity contribution in [2.45, 2.75) is 26.8 Å². The van der Waals surface area contributed by atoms with Crippen LogP contribution in [0.1, 0.15) is 20.8 Å². The largest absolute Gasteiger partial charge is 0.395 e. The average molecular weight is 243 g/mol. The van der Waals surface area contributed by atoms with E-state index in [2.05, 4.69) is 4.90 Å². The first-order valence-electron chi connectivity index (χ1n) is 6.24. The molecule has 1 aliphatic heterocycles. The first-order chi connectivity index (χ1) is 7.86. The van der Waals surface area contributed by atoms with Crippen molar-refractivity contribution in [2.75, 3.05) is 39.3 Å². The van der Waals surface area contributed by atoms with Gasteiger partial charge in [-0.2, -0.15) is 0 Å². The number of carbonyl (C=O) groups is 1. The summed E-state index contributed by atoms with van der Waals surface area (Å²) in [5.41, 5.74) is 5.78. The molecule has 1 saturated heterocycles. The molecular weight excluding hydrogens is 218 g/mol. The molecule has 1 heterocycles. The van der Waals surface area contributed by atoms with Crippen molar-refractivity contribution in [3.63, 3.8) is 0 Å². The summed E-state index contributed by atoms with van der Waals surface area (Å²) in [5.74, 6) is 0.0427. The summed E-state index contributed by atoms with van der Waals surface area (Å²) >= 11 is 0. The van der Waals surface area contributed by atoms with Gasteiger partial charge in [0.2, 0.25) is 5.91 Å². The molecule has 0 spiro atoms. The molecule has 17 heavy (non-hydrogen) atoms. The van der Waals surface area contributed by atoms with Gasteiger partial charge in [-0.15, -0.1) is 0 Å². The number of nitrogens with zero attached hydrogens (tertiary/aromatic N) is 2. The van der Waals surface area contributed by atoms with Gasteiger partial charge in [0.05, 0.1) is 12.6 Å². The van der Waals surface area contributed by atoms with Crippen molar-refractivity contribution >= 4 is 5.91 Å². The van der Waals surface area contributed by atoms with Crippen molar-refractivity contribution in [1.29, 1.82) is 0 Å². The summed E-state index contributed by atoms with van der Waals surface area (Å²) < 4.78 is 0. The predicted octanol–water partition coefficient (Wildman–Crippen LogP) is -0.504. The number of aliphatic hydroxyl groups excluding tert-OH is 1. The van der Waals surface area contributed by atoms with Gasteiger partial charge in [0.15, 0.2) is 0 Å². The fraction of sp³-hybridized carbons (Fsp3) is 0.917. The fourth-order valence-corrected chi connectivity index (χ4v) is 1.90. The molecule has 1 atom stereocenters. The predicted molar refractivity (Wildman–Crippen MR) is 67.5 cm³/mol. The number of rotatable bonds is 3. The monoisotopic (exact) mass is 243 g/mol. The molecule has 1 amide bonds. The lowest BCUT2D eigenvalue weighted by Crippen LogP contribution is -2.56. The topological polar surface area (TPSA) is 69.8 Å². The lowest BCUT2D eigenvalue weighted by molar-refractivity contribution is -0.136. The number of amides is 1. The molecule has 0 aromatic carbocycles. The van der Waals surface area contributed by atoms with Crippen molar-refractivity contribution < 1.29 is 9.90 Å². The van der Waals surface area contributed by atoms with Crippen LogP contribution < -0.4 is 5.73 Å². The van der Waals surface area contributed by atoms with E-state index < -0.39 is 6.04 Å². The zero-order valence-electron chi connectivity index (χ0n) is 11.1. The summed E-state index contributed by atoms with van der Waals surface area (Å²) in [6, 6.07) is -0.438. The molecule has 0 bridgehead atoms. The van der Waals surface area contributed by atoms with Crippen LogP contribution in [0.4, 0.5) is 0 Å². The number of piperazine rings is 1. The van der Waals surface area contributed by atoms with Crippen molar-refractivity contribution in [1.82, 2.24) is 9.80 Å². The van der Waals surface area contributed by atoms with E-state index in [0.717, 1.165) is 13.1 Å². The third-order valence-electron chi connectivity index (χ3n) is 3.30. The first-order valence-corrected chi connectivity index (χ1v) is 6.24. The van der Waals surface area contributed by atoms with Crippen molar-refractivity contribution in [3.8, 4) is 0 Å². The molecule has 0 radical (unpaired) electrons. The van der Waals surface area contributed by atoms with Crippen LogP contribution in [0.2, 0.25) is 0 Å². The fourth-order valence-electron chi connectivity index (χ4n) is 1.90. The first kappa shape index (κ1) is 14.4. The molecule has 1 aliphatic rings. The molecule has 5 nitrogen and oxygen atoms in total. The van der Waals surface area contributed by atoms with E-state index in [1.807, 2.05) is 25.7 Å². The van der Waals surface area contributed by atoms with Gasteiger partial charge in [0, 0.05) is 32.7 Å². The maximum absolute atomic E-state index is 12.1. The summed E-state index contributed by atoms with van der Waals surface area (Å²) in [4.78, 5) is 16.1. The van der Waals surface area contributed by atoms with Crippen LogP contribution in [0.5, 0.6) is 0 Å². The number of β-amino-alcohol motifs (C(OH)–C–C–N with tert-alkyl or cyclic N) is 1. The van der Waals surface area contributed by atoms with Gasteiger partial charge in [-0.1, -0.05) is 20.8 Å². The molecule has 0 saturated carbocycles. The second-order valence-electron chi connectivity index (χ2n) is 5.73. The summed E-state index contributed by atoms with van der Waals surface area (Å²) in [7, 11) is 0. The molecule has 1 fully saturated rings. The van der Waals surface area contributed by atoms with Crippen molar-refractivity contribution in [3.05, 3.63) is 0 Å². The Hall–Kier alpha value is -0.650. The SMILES string of the molecule is CC(C)(C)[C@@H](N)C(=O)N1CCN(CCO)CC1. The molecule has 1 rings (SSSR count). The van der Waals surface area contributed by atoms with Gasteiger partial charge >= 0.3 is 0 Å². The molecular formula is C12H25N3O2. The van der Waals surface area contributed by atoms with Crippen LogP contribution in [-0.2, 0) is 4.79 Å².